The van der Waals surface area contributed by atoms with Crippen molar-refractivity contribution in [1.29, 1.82) is 0 Å². The Morgan fingerprint density at radius 3 is 2.82 bits per heavy atom. The topological polar surface area (TPSA) is 46.5 Å². The number of hydrogen-bond donors (Lipinski definition) is 1. The molecule has 0 radical (unpaired) electrons. The van der Waals surface area contributed by atoms with Crippen LogP contribution in [-0.4, -0.2) is 17.7 Å². The Hall–Kier alpha value is -1.06. The fourth-order valence-electron chi connectivity index (χ4n) is 1.44. The van der Waals surface area contributed by atoms with Gasteiger partial charge in [-0.05, 0) is 24.5 Å². The number of rotatable bonds is 6. The van der Waals surface area contributed by atoms with Crippen molar-refractivity contribution >= 4 is 17.6 Å². The molecule has 0 fully saturated rings. The van der Waals surface area contributed by atoms with E-state index in [4.69, 9.17) is 16.3 Å². The molecular weight excluding hydrogens is 240 g/mol. The Morgan fingerprint density at radius 1 is 1.47 bits per heavy atom. The molecule has 4 heteroatoms. The van der Waals surface area contributed by atoms with Crippen LogP contribution in [0.15, 0.2) is 24.3 Å². The lowest BCUT2D eigenvalue weighted by Crippen LogP contribution is -2.08. The quantitative estimate of drug-likeness (QED) is 0.796. The highest BCUT2D eigenvalue weighted by Crippen LogP contribution is 2.25. The first kappa shape index (κ1) is 14.0. The zero-order valence-electron chi connectivity index (χ0n) is 9.86. The van der Waals surface area contributed by atoms with Gasteiger partial charge in [-0.1, -0.05) is 36.7 Å². The van der Waals surface area contributed by atoms with Crippen LogP contribution in [0.25, 0.3) is 0 Å². The van der Waals surface area contributed by atoms with Crippen molar-refractivity contribution in [2.24, 2.45) is 0 Å². The highest BCUT2D eigenvalue weighted by molar-refractivity contribution is 6.31. The summed E-state index contributed by atoms with van der Waals surface area (Å²) < 4.78 is 4.92. The molecule has 1 atom stereocenters. The van der Waals surface area contributed by atoms with Crippen molar-refractivity contribution in [1.82, 2.24) is 0 Å². The number of halogens is 1. The molecule has 0 aliphatic heterocycles. The molecule has 0 aliphatic carbocycles. The lowest BCUT2D eigenvalue weighted by Gasteiger charge is -2.12. The third-order valence-corrected chi connectivity index (χ3v) is 2.70. The van der Waals surface area contributed by atoms with Crippen molar-refractivity contribution < 1.29 is 14.6 Å². The molecule has 17 heavy (non-hydrogen) atoms. The molecule has 94 valence electrons. The second-order valence-corrected chi connectivity index (χ2v) is 4.20. The zero-order valence-corrected chi connectivity index (χ0v) is 10.6. The number of esters is 1. The highest BCUT2D eigenvalue weighted by atomic mass is 35.5. The van der Waals surface area contributed by atoms with Crippen molar-refractivity contribution in [3.63, 3.8) is 0 Å². The number of carbonyl (C=O) groups excluding carboxylic acids is 1. The molecule has 0 aliphatic rings. The summed E-state index contributed by atoms with van der Waals surface area (Å²) >= 11 is 5.94. The number of aliphatic hydroxyl groups excluding tert-OH is 1. The first-order valence-corrected chi connectivity index (χ1v) is 6.11. The summed E-state index contributed by atoms with van der Waals surface area (Å²) in [5.41, 5.74) is 0.650. The third kappa shape index (κ3) is 4.75. The normalized spacial score (nSPS) is 12.2. The summed E-state index contributed by atoms with van der Waals surface area (Å²) in [6.45, 7) is 2.37. The molecule has 1 rings (SSSR count). The number of ether oxygens (including phenoxy) is 1. The number of aliphatic hydroxyl groups is 1. The molecule has 1 aromatic rings. The van der Waals surface area contributed by atoms with Crippen LogP contribution in [-0.2, 0) is 9.53 Å². The van der Waals surface area contributed by atoms with Crippen LogP contribution in [0, 0.1) is 0 Å². The van der Waals surface area contributed by atoms with E-state index in [1.807, 2.05) is 6.92 Å². The first-order chi connectivity index (χ1) is 8.15. The van der Waals surface area contributed by atoms with Crippen LogP contribution in [0.2, 0.25) is 5.02 Å². The molecule has 0 aromatic heterocycles. The van der Waals surface area contributed by atoms with Gasteiger partial charge in [-0.15, -0.1) is 0 Å². The smallest absolute Gasteiger partial charge is 0.305 e. The maximum atomic E-state index is 11.3. The van der Waals surface area contributed by atoms with Gasteiger partial charge in [-0.25, -0.2) is 0 Å². The van der Waals surface area contributed by atoms with Gasteiger partial charge < -0.3 is 9.84 Å². The fraction of sp³-hybridized carbons (Fsp3) is 0.462. The van der Waals surface area contributed by atoms with E-state index in [-0.39, 0.29) is 12.4 Å². The summed E-state index contributed by atoms with van der Waals surface area (Å²) in [5.74, 6) is -0.280. The molecule has 0 amide bonds. The van der Waals surface area contributed by atoms with E-state index in [1.165, 1.54) is 0 Å². The lowest BCUT2D eigenvalue weighted by molar-refractivity contribution is -0.144. The summed E-state index contributed by atoms with van der Waals surface area (Å²) in [4.78, 5) is 11.3. The second kappa shape index (κ2) is 7.30. The largest absolute Gasteiger partial charge is 0.466 e. The van der Waals surface area contributed by atoms with Gasteiger partial charge in [0.2, 0.25) is 0 Å². The molecule has 0 bridgehead atoms. The molecule has 0 heterocycles. The maximum Gasteiger partial charge on any atom is 0.305 e. The Bertz CT molecular complexity index is 365. The molecular formula is C13H17ClO3. The molecule has 0 spiro atoms. The maximum absolute atomic E-state index is 11.3. The van der Waals surface area contributed by atoms with Crippen LogP contribution in [0.1, 0.15) is 37.9 Å². The van der Waals surface area contributed by atoms with Crippen LogP contribution >= 0.6 is 11.6 Å². The average molecular weight is 257 g/mol. The Kier molecular flexibility index (Phi) is 6.01. The van der Waals surface area contributed by atoms with E-state index in [0.29, 0.717) is 23.6 Å². The molecule has 1 unspecified atom stereocenters. The Balaban J connectivity index is 2.42. The summed E-state index contributed by atoms with van der Waals surface area (Å²) in [6, 6.07) is 7.08. The minimum atomic E-state index is -0.724. The van der Waals surface area contributed by atoms with E-state index in [9.17, 15) is 9.90 Å². The van der Waals surface area contributed by atoms with E-state index < -0.39 is 6.10 Å². The molecule has 1 N–H and O–H groups in total. The summed E-state index contributed by atoms with van der Waals surface area (Å²) in [6.07, 6.45) is 0.607. The van der Waals surface area contributed by atoms with Crippen molar-refractivity contribution in [3.05, 3.63) is 34.9 Å². The van der Waals surface area contributed by atoms with E-state index in [2.05, 4.69) is 0 Å². The van der Waals surface area contributed by atoms with Crippen LogP contribution in [0.5, 0.6) is 0 Å². The standard InChI is InChI=1S/C13H17ClO3/c1-2-9-17-13(16)8-7-12(15)10-5-3-4-6-11(10)14/h3-6,12,15H,2,7-9H2,1H3. The zero-order chi connectivity index (χ0) is 12.7. The Labute approximate surface area is 106 Å². The minimum Gasteiger partial charge on any atom is -0.466 e. The van der Waals surface area contributed by atoms with Gasteiger partial charge in [0.25, 0.3) is 0 Å². The van der Waals surface area contributed by atoms with Gasteiger partial charge >= 0.3 is 5.97 Å². The van der Waals surface area contributed by atoms with Crippen molar-refractivity contribution in [3.8, 4) is 0 Å². The SMILES string of the molecule is CCCOC(=O)CCC(O)c1ccccc1Cl. The van der Waals surface area contributed by atoms with Gasteiger partial charge in [0.05, 0.1) is 12.7 Å². The van der Waals surface area contributed by atoms with Gasteiger partial charge in [-0.3, -0.25) is 4.79 Å². The van der Waals surface area contributed by atoms with Crippen molar-refractivity contribution in [2.45, 2.75) is 32.3 Å². The fourth-order valence-corrected chi connectivity index (χ4v) is 1.71. The molecule has 0 saturated heterocycles. The van der Waals surface area contributed by atoms with E-state index >= 15 is 0 Å². The number of carbonyl (C=O) groups is 1. The van der Waals surface area contributed by atoms with Crippen LogP contribution in [0.3, 0.4) is 0 Å². The van der Waals surface area contributed by atoms with Gasteiger partial charge in [-0.2, -0.15) is 0 Å². The highest BCUT2D eigenvalue weighted by Gasteiger charge is 2.13. The first-order valence-electron chi connectivity index (χ1n) is 5.73. The number of hydrogen-bond acceptors (Lipinski definition) is 3. The predicted octanol–water partition coefficient (Wildman–Crippen LogP) is 3.11. The Morgan fingerprint density at radius 2 is 2.18 bits per heavy atom. The van der Waals surface area contributed by atoms with E-state index in [0.717, 1.165) is 6.42 Å². The number of benzene rings is 1. The van der Waals surface area contributed by atoms with Crippen molar-refractivity contribution in [2.75, 3.05) is 6.61 Å². The van der Waals surface area contributed by atoms with Gasteiger partial charge in [0.15, 0.2) is 0 Å². The summed E-state index contributed by atoms with van der Waals surface area (Å²) in [7, 11) is 0. The molecule has 1 aromatic carbocycles. The van der Waals surface area contributed by atoms with E-state index in [1.54, 1.807) is 24.3 Å². The lowest BCUT2D eigenvalue weighted by atomic mass is 10.1. The van der Waals surface area contributed by atoms with Gasteiger partial charge in [0, 0.05) is 11.4 Å². The average Bonchev–Trinajstić information content (AvgIpc) is 2.34. The predicted molar refractivity (Wildman–Crippen MR) is 66.9 cm³/mol. The van der Waals surface area contributed by atoms with Crippen LogP contribution in [0.4, 0.5) is 0 Å². The summed E-state index contributed by atoms with van der Waals surface area (Å²) in [5, 5.41) is 10.4. The van der Waals surface area contributed by atoms with Gasteiger partial charge in [0.1, 0.15) is 0 Å². The monoisotopic (exact) mass is 256 g/mol. The molecule has 3 nitrogen and oxygen atoms in total. The third-order valence-electron chi connectivity index (χ3n) is 2.35. The minimum absolute atomic E-state index is 0.201. The molecule has 0 saturated carbocycles. The van der Waals surface area contributed by atoms with Crippen LogP contribution < -0.4 is 0 Å². The second-order valence-electron chi connectivity index (χ2n) is 3.80.